The molecule has 0 bridgehead atoms. The SMILES string of the molecule is CC(C)N(C(=O)c1cc2c(cc1C(F)(F)F)OC1(CC1)C(=O)N2CCN)[C@@H]1CCCN(C(=O)OC(C)(C)C)C1.CC(C)N(C(=O)c1cc2c(cc1C(F)(F)F)OC1(CC1)C(=O)N2CCNC(=O)OCc1ccccc1)[C@@H]1CCCN(C(=O)OC(C)(C)C)C1. The van der Waals surface area contributed by atoms with Crippen molar-refractivity contribution in [1.29, 1.82) is 0 Å². The number of anilines is 2. The summed E-state index contributed by atoms with van der Waals surface area (Å²) in [6.45, 7) is 18.4. The summed E-state index contributed by atoms with van der Waals surface area (Å²) < 4.78 is 115. The number of halogens is 6. The molecule has 2 saturated heterocycles. The molecule has 3 N–H and O–H groups in total. The van der Waals surface area contributed by atoms with Crippen LogP contribution < -0.4 is 30.3 Å². The van der Waals surface area contributed by atoms with Gasteiger partial charge in [-0.25, -0.2) is 14.4 Å². The molecule has 2 aliphatic carbocycles. The molecule has 0 aromatic heterocycles. The van der Waals surface area contributed by atoms with Crippen molar-refractivity contribution < 1.29 is 83.6 Å². The molecule has 3 aromatic carbocycles. The Hall–Kier alpha value is -7.51. The zero-order valence-electron chi connectivity index (χ0n) is 51.5. The normalized spacial score (nSPS) is 19.4. The monoisotopic (exact) mass is 1240 g/mol. The van der Waals surface area contributed by atoms with E-state index in [0.29, 0.717) is 64.5 Å². The summed E-state index contributed by atoms with van der Waals surface area (Å²) in [5.74, 6) is -2.80. The number of hydrogen-bond acceptors (Lipinski definition) is 13. The average Bonchev–Trinajstić information content (AvgIpc) is 1.53. The quantitative estimate of drug-likeness (QED) is 0.120. The number of ether oxygens (including phenoxy) is 5. The van der Waals surface area contributed by atoms with E-state index in [4.69, 9.17) is 29.4 Å². The van der Waals surface area contributed by atoms with Crippen molar-refractivity contribution in [3.05, 3.63) is 82.4 Å². The Labute approximate surface area is 508 Å². The van der Waals surface area contributed by atoms with E-state index >= 15 is 0 Å². The molecule has 88 heavy (non-hydrogen) atoms. The van der Waals surface area contributed by atoms with Crippen LogP contribution in [0.25, 0.3) is 0 Å². The van der Waals surface area contributed by atoms with E-state index in [1.54, 1.807) is 81.4 Å². The lowest BCUT2D eigenvalue weighted by Crippen LogP contribution is -2.54. The highest BCUT2D eigenvalue weighted by atomic mass is 19.4. The molecule has 3 aromatic rings. The molecule has 2 saturated carbocycles. The number of amides is 7. The lowest BCUT2D eigenvalue weighted by molar-refractivity contribution is -0.139. The maximum atomic E-state index is 14.6. The van der Waals surface area contributed by atoms with Gasteiger partial charge in [-0.2, -0.15) is 26.3 Å². The molecule has 482 valence electrons. The molecule has 6 aliphatic rings. The molecule has 2 atom stereocenters. The second kappa shape index (κ2) is 25.5. The van der Waals surface area contributed by atoms with Crippen molar-refractivity contribution in [3.63, 3.8) is 0 Å². The standard InChI is InChI=1S/C35H43F3N4O7.C27H37F3N4O5/c1-22(2)42(24-12-9-16-40(20-24)32(46)49-33(3,4)5)29(43)25-18-27-28(19-26(25)35(36,37)38)48-34(13-14-34)30(44)41(27)17-15-39-31(45)47-21-23-10-7-6-8-11-23;1-16(2)34(17-7-6-11-32(15-17)24(37)39-25(3,4)5)22(35)18-13-20-21(14-19(18)27(28,29)30)38-26(8-9-26)23(36)33(20)12-10-31/h6-8,10-11,18-19,22,24H,9,12-17,20-21H2,1-5H3,(H,39,45);13-14,16-17H,6-12,15,31H2,1-5H3/t24-;17-/m11/s1. The Kier molecular flexibility index (Phi) is 19.3. The summed E-state index contributed by atoms with van der Waals surface area (Å²) in [4.78, 5) is 101. The molecule has 0 radical (unpaired) electrons. The summed E-state index contributed by atoms with van der Waals surface area (Å²) >= 11 is 0. The molecule has 20 nitrogen and oxygen atoms in total. The number of alkyl halides is 6. The van der Waals surface area contributed by atoms with Crippen LogP contribution >= 0.6 is 0 Å². The fourth-order valence-corrected chi connectivity index (χ4v) is 11.5. The molecule has 4 fully saturated rings. The van der Waals surface area contributed by atoms with Gasteiger partial charge < -0.3 is 64.1 Å². The van der Waals surface area contributed by atoms with Crippen LogP contribution in [-0.4, -0.2) is 160 Å². The van der Waals surface area contributed by atoms with Crippen LogP contribution in [0.2, 0.25) is 0 Å². The van der Waals surface area contributed by atoms with Gasteiger partial charge in [0, 0.05) is 90.1 Å². The van der Waals surface area contributed by atoms with Crippen LogP contribution in [0, 0.1) is 0 Å². The van der Waals surface area contributed by atoms with Gasteiger partial charge in [0.25, 0.3) is 23.6 Å². The van der Waals surface area contributed by atoms with Crippen molar-refractivity contribution in [2.75, 3.05) is 62.2 Å². The van der Waals surface area contributed by atoms with E-state index in [9.17, 15) is 59.9 Å². The summed E-state index contributed by atoms with van der Waals surface area (Å²) in [6.07, 6.45) is -8.05. The van der Waals surface area contributed by atoms with Crippen molar-refractivity contribution in [2.24, 2.45) is 5.73 Å². The average molecular weight is 1240 g/mol. The number of carbonyl (C=O) groups excluding carboxylic acids is 7. The largest absolute Gasteiger partial charge is 0.475 e. The second-order valence-corrected chi connectivity index (χ2v) is 25.7. The number of rotatable bonds is 13. The van der Waals surface area contributed by atoms with Crippen LogP contribution in [0.5, 0.6) is 11.5 Å². The number of nitrogens with two attached hydrogens (primary N) is 1. The van der Waals surface area contributed by atoms with Gasteiger partial charge in [-0.3, -0.25) is 19.2 Å². The molecule has 2 spiro atoms. The molecule has 4 aliphatic heterocycles. The zero-order chi connectivity index (χ0) is 64.6. The van der Waals surface area contributed by atoms with Gasteiger partial charge in [0.05, 0.1) is 45.7 Å². The Balaban J connectivity index is 0.000000234. The number of alkyl carbamates (subject to hydrolysis) is 1. The topological polar surface area (TPSA) is 223 Å². The van der Waals surface area contributed by atoms with Crippen molar-refractivity contribution in [2.45, 2.75) is 186 Å². The number of carbonyl (C=O) groups is 7. The van der Waals surface area contributed by atoms with Crippen LogP contribution in [0.15, 0.2) is 54.6 Å². The van der Waals surface area contributed by atoms with Crippen molar-refractivity contribution >= 4 is 53.3 Å². The molecule has 0 unspecified atom stereocenters. The lowest BCUT2D eigenvalue weighted by Gasteiger charge is -2.42. The van der Waals surface area contributed by atoms with E-state index in [-0.39, 0.29) is 74.7 Å². The Morgan fingerprint density at radius 3 is 1.42 bits per heavy atom. The van der Waals surface area contributed by atoms with Gasteiger partial charge in [0.1, 0.15) is 29.3 Å². The number of likely N-dealkylation sites (tertiary alicyclic amines) is 2. The molecular formula is C62H80F6N8O12. The fourth-order valence-electron chi connectivity index (χ4n) is 11.5. The van der Waals surface area contributed by atoms with Crippen LogP contribution in [-0.2, 0) is 42.8 Å². The Morgan fingerprint density at radius 1 is 0.648 bits per heavy atom. The Bertz CT molecular complexity index is 3120. The maximum Gasteiger partial charge on any atom is 0.417 e. The van der Waals surface area contributed by atoms with Gasteiger partial charge in [0.15, 0.2) is 11.2 Å². The van der Waals surface area contributed by atoms with E-state index in [0.717, 1.165) is 29.8 Å². The van der Waals surface area contributed by atoms with E-state index in [1.165, 1.54) is 29.4 Å². The number of benzene rings is 3. The van der Waals surface area contributed by atoms with Gasteiger partial charge >= 0.3 is 30.6 Å². The molecular weight excluding hydrogens is 1160 g/mol. The lowest BCUT2D eigenvalue weighted by atomic mass is 9.97. The van der Waals surface area contributed by atoms with Gasteiger partial charge in [-0.1, -0.05) is 30.3 Å². The third-order valence-electron chi connectivity index (χ3n) is 15.8. The number of nitrogens with zero attached hydrogens (tertiary/aromatic N) is 6. The first kappa shape index (κ1) is 66.4. The van der Waals surface area contributed by atoms with Gasteiger partial charge in [-0.15, -0.1) is 0 Å². The molecule has 7 amide bonds. The minimum atomic E-state index is -4.92. The second-order valence-electron chi connectivity index (χ2n) is 25.7. The molecule has 26 heteroatoms. The number of fused-ring (bicyclic) bond motifs is 2. The zero-order valence-corrected chi connectivity index (χ0v) is 51.5. The predicted molar refractivity (Wildman–Crippen MR) is 311 cm³/mol. The molecule has 4 heterocycles. The van der Waals surface area contributed by atoms with Crippen molar-refractivity contribution in [1.82, 2.24) is 24.9 Å². The third-order valence-corrected chi connectivity index (χ3v) is 15.8. The maximum absolute atomic E-state index is 14.6. The summed E-state index contributed by atoms with van der Waals surface area (Å²) in [6, 6.07) is 10.7. The number of nitrogens with one attached hydrogen (secondary N) is 1. The number of hydrogen-bond donors (Lipinski definition) is 2. The van der Waals surface area contributed by atoms with E-state index in [1.807, 2.05) is 18.2 Å². The first-order valence-electron chi connectivity index (χ1n) is 29.8. The van der Waals surface area contributed by atoms with Crippen LogP contribution in [0.3, 0.4) is 0 Å². The van der Waals surface area contributed by atoms with E-state index < -0.39 is 117 Å². The molecule has 9 rings (SSSR count). The Morgan fingerprint density at radius 2 is 1.06 bits per heavy atom. The summed E-state index contributed by atoms with van der Waals surface area (Å²) in [7, 11) is 0. The minimum Gasteiger partial charge on any atom is -0.475 e. The third kappa shape index (κ3) is 15.1. The highest BCUT2D eigenvalue weighted by Crippen LogP contribution is 2.53. The summed E-state index contributed by atoms with van der Waals surface area (Å²) in [5.41, 5.74) is -0.837. The van der Waals surface area contributed by atoms with Gasteiger partial charge in [-0.05, 0) is 125 Å². The fraction of sp³-hybridized carbons (Fsp3) is 0.597. The number of piperidine rings is 2. The van der Waals surface area contributed by atoms with Crippen molar-refractivity contribution in [3.8, 4) is 11.5 Å². The smallest absolute Gasteiger partial charge is 0.417 e. The van der Waals surface area contributed by atoms with Crippen LogP contribution in [0.1, 0.15) is 158 Å². The predicted octanol–water partition coefficient (Wildman–Crippen LogP) is 10.3. The van der Waals surface area contributed by atoms with Crippen LogP contribution in [0.4, 0.5) is 52.1 Å². The first-order valence-corrected chi connectivity index (χ1v) is 29.8. The highest BCUT2D eigenvalue weighted by Gasteiger charge is 2.60. The summed E-state index contributed by atoms with van der Waals surface area (Å²) in [5, 5.41) is 2.58. The van der Waals surface area contributed by atoms with Gasteiger partial charge in [0.2, 0.25) is 0 Å². The minimum absolute atomic E-state index is 0.000981. The first-order chi connectivity index (χ1) is 41.1. The highest BCUT2D eigenvalue weighted by molar-refractivity contribution is 6.08. The van der Waals surface area contributed by atoms with E-state index in [2.05, 4.69) is 5.32 Å².